The summed E-state index contributed by atoms with van der Waals surface area (Å²) < 4.78 is 5.38. The molecule has 1 unspecified atom stereocenters. The van der Waals surface area contributed by atoms with E-state index in [4.69, 9.17) is 10.5 Å². The standard InChI is InChI=1S/C12H20N2O2/c1-3-10(15)8-14-9-5-6-11(13)12(7-9)16-4-2/h5-7,10,14-15H,3-4,8,13H2,1-2H3. The molecular weight excluding hydrogens is 204 g/mol. The number of nitrogens with two attached hydrogens (primary N) is 1. The van der Waals surface area contributed by atoms with Crippen molar-refractivity contribution in [2.75, 3.05) is 24.2 Å². The molecule has 4 nitrogen and oxygen atoms in total. The molecule has 0 bridgehead atoms. The third kappa shape index (κ3) is 3.62. The van der Waals surface area contributed by atoms with Gasteiger partial charge in [-0.1, -0.05) is 6.92 Å². The molecule has 1 aromatic carbocycles. The second-order valence-corrected chi connectivity index (χ2v) is 3.63. The Hall–Kier alpha value is -1.42. The highest BCUT2D eigenvalue weighted by Gasteiger charge is 2.03. The third-order valence-corrected chi connectivity index (χ3v) is 2.33. The van der Waals surface area contributed by atoms with Crippen molar-refractivity contribution >= 4 is 11.4 Å². The molecular formula is C12H20N2O2. The first kappa shape index (κ1) is 12.6. The zero-order chi connectivity index (χ0) is 12.0. The number of hydrogen-bond acceptors (Lipinski definition) is 4. The summed E-state index contributed by atoms with van der Waals surface area (Å²) in [6, 6.07) is 5.52. The number of hydrogen-bond donors (Lipinski definition) is 3. The molecule has 0 saturated heterocycles. The summed E-state index contributed by atoms with van der Waals surface area (Å²) in [5.74, 6) is 0.679. The Bertz CT molecular complexity index is 329. The van der Waals surface area contributed by atoms with Crippen molar-refractivity contribution in [1.82, 2.24) is 0 Å². The summed E-state index contributed by atoms with van der Waals surface area (Å²) in [4.78, 5) is 0. The molecule has 16 heavy (non-hydrogen) atoms. The number of rotatable bonds is 6. The van der Waals surface area contributed by atoms with Crippen LogP contribution in [0.2, 0.25) is 0 Å². The average molecular weight is 224 g/mol. The van der Waals surface area contributed by atoms with Gasteiger partial charge in [-0.25, -0.2) is 0 Å². The summed E-state index contributed by atoms with van der Waals surface area (Å²) in [6.07, 6.45) is 0.411. The minimum absolute atomic E-state index is 0.326. The Morgan fingerprint density at radius 3 is 2.81 bits per heavy atom. The van der Waals surface area contributed by atoms with Crippen LogP contribution in [0.15, 0.2) is 18.2 Å². The summed E-state index contributed by atoms with van der Waals surface area (Å²) in [6.45, 7) is 4.98. The van der Waals surface area contributed by atoms with E-state index in [1.807, 2.05) is 26.0 Å². The maximum absolute atomic E-state index is 9.43. The van der Waals surface area contributed by atoms with Crippen molar-refractivity contribution in [2.45, 2.75) is 26.4 Å². The zero-order valence-corrected chi connectivity index (χ0v) is 9.86. The Morgan fingerprint density at radius 2 is 2.19 bits per heavy atom. The van der Waals surface area contributed by atoms with Crippen LogP contribution in [0.5, 0.6) is 5.75 Å². The van der Waals surface area contributed by atoms with Gasteiger partial charge in [0.1, 0.15) is 5.75 Å². The fourth-order valence-electron chi connectivity index (χ4n) is 1.30. The Kier molecular flexibility index (Phi) is 4.92. The molecule has 0 heterocycles. The maximum Gasteiger partial charge on any atom is 0.144 e. The molecule has 0 aliphatic heterocycles. The van der Waals surface area contributed by atoms with Gasteiger partial charge in [0.15, 0.2) is 0 Å². The van der Waals surface area contributed by atoms with E-state index in [9.17, 15) is 5.11 Å². The number of aliphatic hydroxyl groups is 1. The van der Waals surface area contributed by atoms with Gasteiger partial charge in [0.05, 0.1) is 18.4 Å². The highest BCUT2D eigenvalue weighted by atomic mass is 16.5. The molecule has 4 heteroatoms. The fourth-order valence-corrected chi connectivity index (χ4v) is 1.30. The normalized spacial score (nSPS) is 12.2. The molecule has 0 aliphatic rings. The SMILES string of the molecule is CCOc1cc(NCC(O)CC)ccc1N. The molecule has 1 rings (SSSR count). The summed E-state index contributed by atoms with van der Waals surface area (Å²) in [5.41, 5.74) is 7.29. The van der Waals surface area contributed by atoms with Gasteiger partial charge < -0.3 is 20.9 Å². The lowest BCUT2D eigenvalue weighted by Gasteiger charge is -2.13. The Balaban J connectivity index is 2.63. The monoisotopic (exact) mass is 224 g/mol. The fraction of sp³-hybridized carbons (Fsp3) is 0.500. The van der Waals surface area contributed by atoms with Gasteiger partial charge in [-0.15, -0.1) is 0 Å². The number of benzene rings is 1. The molecule has 0 aromatic heterocycles. The molecule has 90 valence electrons. The van der Waals surface area contributed by atoms with E-state index in [2.05, 4.69) is 5.32 Å². The number of anilines is 2. The predicted octanol–water partition coefficient (Wildman–Crippen LogP) is 1.85. The van der Waals surface area contributed by atoms with Crippen LogP contribution < -0.4 is 15.8 Å². The predicted molar refractivity (Wildman–Crippen MR) is 66.8 cm³/mol. The molecule has 4 N–H and O–H groups in total. The van der Waals surface area contributed by atoms with E-state index >= 15 is 0 Å². The van der Waals surface area contributed by atoms with E-state index in [1.54, 1.807) is 6.07 Å². The number of nitrogen functional groups attached to an aromatic ring is 1. The average Bonchev–Trinajstić information content (AvgIpc) is 2.30. The van der Waals surface area contributed by atoms with Crippen LogP contribution in [0.4, 0.5) is 11.4 Å². The van der Waals surface area contributed by atoms with Crippen LogP contribution in [0, 0.1) is 0 Å². The Labute approximate surface area is 96.4 Å². The number of ether oxygens (including phenoxy) is 1. The molecule has 0 fully saturated rings. The highest BCUT2D eigenvalue weighted by molar-refractivity contribution is 5.61. The van der Waals surface area contributed by atoms with Crippen molar-refractivity contribution < 1.29 is 9.84 Å². The van der Waals surface area contributed by atoms with Gasteiger partial charge in [-0.05, 0) is 25.5 Å². The van der Waals surface area contributed by atoms with Crippen LogP contribution in [-0.2, 0) is 0 Å². The van der Waals surface area contributed by atoms with Crippen LogP contribution >= 0.6 is 0 Å². The van der Waals surface area contributed by atoms with Gasteiger partial charge in [0.25, 0.3) is 0 Å². The topological polar surface area (TPSA) is 67.5 Å². The van der Waals surface area contributed by atoms with Gasteiger partial charge in [0, 0.05) is 18.3 Å². The van der Waals surface area contributed by atoms with Crippen LogP contribution in [0.25, 0.3) is 0 Å². The highest BCUT2D eigenvalue weighted by Crippen LogP contribution is 2.25. The second-order valence-electron chi connectivity index (χ2n) is 3.63. The van der Waals surface area contributed by atoms with E-state index in [0.717, 1.165) is 12.1 Å². The minimum Gasteiger partial charge on any atom is -0.492 e. The molecule has 1 aromatic rings. The Morgan fingerprint density at radius 1 is 1.44 bits per heavy atom. The molecule has 0 radical (unpaired) electrons. The molecule has 1 atom stereocenters. The number of aliphatic hydroxyl groups excluding tert-OH is 1. The zero-order valence-electron chi connectivity index (χ0n) is 9.86. The number of nitrogens with one attached hydrogen (secondary N) is 1. The van der Waals surface area contributed by atoms with E-state index in [-0.39, 0.29) is 6.10 Å². The summed E-state index contributed by atoms with van der Waals surface area (Å²) in [5, 5.41) is 12.6. The third-order valence-electron chi connectivity index (χ3n) is 2.33. The smallest absolute Gasteiger partial charge is 0.144 e. The quantitative estimate of drug-likeness (QED) is 0.645. The van der Waals surface area contributed by atoms with E-state index in [1.165, 1.54) is 0 Å². The summed E-state index contributed by atoms with van der Waals surface area (Å²) >= 11 is 0. The first-order chi connectivity index (χ1) is 7.67. The first-order valence-electron chi connectivity index (χ1n) is 5.61. The van der Waals surface area contributed by atoms with Crippen LogP contribution in [0.3, 0.4) is 0 Å². The van der Waals surface area contributed by atoms with E-state index < -0.39 is 0 Å². The molecule has 0 aliphatic carbocycles. The summed E-state index contributed by atoms with van der Waals surface area (Å²) in [7, 11) is 0. The first-order valence-corrected chi connectivity index (χ1v) is 5.61. The van der Waals surface area contributed by atoms with Crippen molar-refractivity contribution in [2.24, 2.45) is 0 Å². The molecule has 0 amide bonds. The molecule has 0 spiro atoms. The second kappa shape index (κ2) is 6.23. The lowest BCUT2D eigenvalue weighted by Crippen LogP contribution is -2.18. The largest absolute Gasteiger partial charge is 0.492 e. The van der Waals surface area contributed by atoms with Crippen LogP contribution in [0.1, 0.15) is 20.3 Å². The van der Waals surface area contributed by atoms with Crippen molar-refractivity contribution in [3.63, 3.8) is 0 Å². The van der Waals surface area contributed by atoms with Gasteiger partial charge in [-0.2, -0.15) is 0 Å². The van der Waals surface area contributed by atoms with Gasteiger partial charge in [-0.3, -0.25) is 0 Å². The van der Waals surface area contributed by atoms with E-state index in [0.29, 0.717) is 24.6 Å². The van der Waals surface area contributed by atoms with Crippen molar-refractivity contribution in [3.05, 3.63) is 18.2 Å². The van der Waals surface area contributed by atoms with Gasteiger partial charge >= 0.3 is 0 Å². The lowest BCUT2D eigenvalue weighted by molar-refractivity contribution is 0.183. The lowest BCUT2D eigenvalue weighted by atomic mass is 10.2. The van der Waals surface area contributed by atoms with Crippen molar-refractivity contribution in [1.29, 1.82) is 0 Å². The molecule has 0 saturated carbocycles. The van der Waals surface area contributed by atoms with Crippen LogP contribution in [-0.4, -0.2) is 24.4 Å². The van der Waals surface area contributed by atoms with Crippen molar-refractivity contribution in [3.8, 4) is 5.75 Å². The minimum atomic E-state index is -0.326. The van der Waals surface area contributed by atoms with Gasteiger partial charge in [0.2, 0.25) is 0 Å². The maximum atomic E-state index is 9.43.